The second-order valence-corrected chi connectivity index (χ2v) is 5.30. The summed E-state index contributed by atoms with van der Waals surface area (Å²) in [5, 5.41) is 6.46. The van der Waals surface area contributed by atoms with Crippen molar-refractivity contribution in [2.24, 2.45) is 0 Å². The largest absolute Gasteiger partial charge is 0.381 e. The van der Waals surface area contributed by atoms with Crippen LogP contribution in [0, 0.1) is 0 Å². The molecule has 0 aromatic heterocycles. The minimum atomic E-state index is -0.0993. The lowest BCUT2D eigenvalue weighted by molar-refractivity contribution is -0.124. The fourth-order valence-corrected chi connectivity index (χ4v) is 2.78. The molecule has 0 bridgehead atoms. The van der Waals surface area contributed by atoms with Gasteiger partial charge in [-0.3, -0.25) is 4.79 Å². The first-order valence-corrected chi connectivity index (χ1v) is 7.01. The van der Waals surface area contributed by atoms with E-state index in [1.54, 1.807) is 0 Å². The molecule has 1 fully saturated rings. The van der Waals surface area contributed by atoms with E-state index in [2.05, 4.69) is 22.8 Å². The second-order valence-electron chi connectivity index (χ2n) is 5.30. The van der Waals surface area contributed by atoms with E-state index in [0.717, 1.165) is 39.0 Å². The van der Waals surface area contributed by atoms with E-state index in [1.165, 1.54) is 11.1 Å². The van der Waals surface area contributed by atoms with Gasteiger partial charge in [0.1, 0.15) is 0 Å². The Balaban J connectivity index is 1.59. The number of hydrogen-bond donors (Lipinski definition) is 2. The summed E-state index contributed by atoms with van der Waals surface area (Å²) in [6.45, 7) is 2.29. The van der Waals surface area contributed by atoms with Crippen molar-refractivity contribution in [2.75, 3.05) is 13.2 Å². The molecule has 1 saturated heterocycles. The van der Waals surface area contributed by atoms with Gasteiger partial charge in [-0.1, -0.05) is 24.3 Å². The van der Waals surface area contributed by atoms with Crippen LogP contribution < -0.4 is 10.6 Å². The molecule has 0 aliphatic carbocycles. The number of amides is 1. The van der Waals surface area contributed by atoms with Crippen molar-refractivity contribution >= 4 is 5.91 Å². The summed E-state index contributed by atoms with van der Waals surface area (Å²) in [4.78, 5) is 12.3. The summed E-state index contributed by atoms with van der Waals surface area (Å²) in [6, 6.07) is 8.50. The van der Waals surface area contributed by atoms with Gasteiger partial charge in [0.25, 0.3) is 0 Å². The van der Waals surface area contributed by atoms with Gasteiger partial charge in [-0.25, -0.2) is 0 Å². The highest BCUT2D eigenvalue weighted by Gasteiger charge is 2.26. The van der Waals surface area contributed by atoms with E-state index >= 15 is 0 Å². The number of rotatable bonds is 2. The molecule has 0 spiro atoms. The van der Waals surface area contributed by atoms with Gasteiger partial charge in [-0.15, -0.1) is 0 Å². The van der Waals surface area contributed by atoms with Crippen LogP contribution in [0.25, 0.3) is 0 Å². The number of nitrogens with one attached hydrogen (secondary N) is 2. The maximum Gasteiger partial charge on any atom is 0.237 e. The van der Waals surface area contributed by atoms with Crippen LogP contribution in [0.3, 0.4) is 0 Å². The number of hydrogen-bond acceptors (Lipinski definition) is 3. The summed E-state index contributed by atoms with van der Waals surface area (Å²) in [5.41, 5.74) is 2.59. The second kappa shape index (κ2) is 5.72. The molecule has 0 saturated carbocycles. The molecule has 1 aromatic carbocycles. The minimum absolute atomic E-state index is 0.0993. The predicted molar refractivity (Wildman–Crippen MR) is 72.8 cm³/mol. The maximum absolute atomic E-state index is 12.3. The van der Waals surface area contributed by atoms with Crippen LogP contribution in [0.2, 0.25) is 0 Å². The zero-order chi connectivity index (χ0) is 13.1. The average molecular weight is 260 g/mol. The van der Waals surface area contributed by atoms with Crippen LogP contribution in [-0.4, -0.2) is 31.2 Å². The summed E-state index contributed by atoms with van der Waals surface area (Å²) in [6.07, 6.45) is 2.63. The highest BCUT2D eigenvalue weighted by molar-refractivity contribution is 5.82. The van der Waals surface area contributed by atoms with Gasteiger partial charge in [-0.2, -0.15) is 0 Å². The molecule has 1 aromatic rings. The monoisotopic (exact) mass is 260 g/mol. The van der Waals surface area contributed by atoms with E-state index in [4.69, 9.17) is 4.74 Å². The van der Waals surface area contributed by atoms with Crippen molar-refractivity contribution in [3.63, 3.8) is 0 Å². The van der Waals surface area contributed by atoms with Crippen molar-refractivity contribution in [3.8, 4) is 0 Å². The fourth-order valence-electron chi connectivity index (χ4n) is 2.78. The Bertz CT molecular complexity index is 455. The lowest BCUT2D eigenvalue weighted by Gasteiger charge is -2.29. The van der Waals surface area contributed by atoms with Crippen LogP contribution in [0.1, 0.15) is 24.0 Å². The molecule has 1 amide bonds. The van der Waals surface area contributed by atoms with Crippen molar-refractivity contribution in [1.29, 1.82) is 0 Å². The van der Waals surface area contributed by atoms with Crippen LogP contribution in [0.15, 0.2) is 24.3 Å². The summed E-state index contributed by atoms with van der Waals surface area (Å²) >= 11 is 0. The van der Waals surface area contributed by atoms with Gasteiger partial charge in [0.15, 0.2) is 0 Å². The first-order chi connectivity index (χ1) is 9.33. The molecule has 1 atom stereocenters. The summed E-state index contributed by atoms with van der Waals surface area (Å²) in [5.74, 6) is 0.126. The molecule has 102 valence electrons. The van der Waals surface area contributed by atoms with Gasteiger partial charge in [0, 0.05) is 25.8 Å². The first kappa shape index (κ1) is 12.6. The van der Waals surface area contributed by atoms with Gasteiger partial charge >= 0.3 is 0 Å². The number of benzene rings is 1. The topological polar surface area (TPSA) is 50.4 Å². The smallest absolute Gasteiger partial charge is 0.237 e. The Hall–Kier alpha value is -1.39. The predicted octanol–water partition coefficient (Wildman–Crippen LogP) is 0.996. The molecule has 4 nitrogen and oxygen atoms in total. The molecule has 3 rings (SSSR count). The van der Waals surface area contributed by atoms with Crippen LogP contribution in [-0.2, 0) is 22.5 Å². The third-order valence-electron chi connectivity index (χ3n) is 3.97. The summed E-state index contributed by atoms with van der Waals surface area (Å²) < 4.78 is 5.31. The quantitative estimate of drug-likeness (QED) is 0.834. The van der Waals surface area contributed by atoms with Gasteiger partial charge in [-0.05, 0) is 30.4 Å². The molecule has 2 heterocycles. The normalized spacial score (nSPS) is 23.7. The average Bonchev–Trinajstić information content (AvgIpc) is 2.48. The van der Waals surface area contributed by atoms with E-state index in [0.29, 0.717) is 0 Å². The molecular formula is C15H20N2O2. The summed E-state index contributed by atoms with van der Waals surface area (Å²) in [7, 11) is 0. The Labute approximate surface area is 113 Å². The lowest BCUT2D eigenvalue weighted by atomic mass is 9.95. The Kier molecular flexibility index (Phi) is 3.80. The first-order valence-electron chi connectivity index (χ1n) is 7.01. The number of carbonyl (C=O) groups excluding carboxylic acids is 1. The van der Waals surface area contributed by atoms with Crippen LogP contribution >= 0.6 is 0 Å². The minimum Gasteiger partial charge on any atom is -0.381 e. The zero-order valence-corrected chi connectivity index (χ0v) is 11.0. The maximum atomic E-state index is 12.3. The highest BCUT2D eigenvalue weighted by atomic mass is 16.5. The molecule has 2 N–H and O–H groups in total. The molecule has 2 aliphatic heterocycles. The van der Waals surface area contributed by atoms with Crippen molar-refractivity contribution in [3.05, 3.63) is 35.4 Å². The third-order valence-corrected chi connectivity index (χ3v) is 3.97. The Morgan fingerprint density at radius 3 is 2.74 bits per heavy atom. The molecule has 0 radical (unpaired) electrons. The molecular weight excluding hydrogens is 240 g/mol. The highest BCUT2D eigenvalue weighted by Crippen LogP contribution is 2.16. The standard InChI is InChI=1S/C15H20N2O2/c18-15(17-13-5-7-19-8-6-13)14-9-11-3-1-2-4-12(11)10-16-14/h1-4,13-14,16H,5-10H2,(H,17,18)/t14-/m0/s1. The van der Waals surface area contributed by atoms with Gasteiger partial charge < -0.3 is 15.4 Å². The molecule has 4 heteroatoms. The molecule has 0 unspecified atom stereocenters. The van der Waals surface area contributed by atoms with Crippen molar-refractivity contribution in [2.45, 2.75) is 37.9 Å². The van der Waals surface area contributed by atoms with E-state index in [-0.39, 0.29) is 18.0 Å². The number of fused-ring (bicyclic) bond motifs is 1. The van der Waals surface area contributed by atoms with Gasteiger partial charge in [0.05, 0.1) is 6.04 Å². The number of ether oxygens (including phenoxy) is 1. The third kappa shape index (κ3) is 2.96. The SMILES string of the molecule is O=C(NC1CCOCC1)[C@@H]1Cc2ccccc2CN1. The van der Waals surface area contributed by atoms with E-state index in [1.807, 2.05) is 12.1 Å². The molecule has 2 aliphatic rings. The van der Waals surface area contributed by atoms with Crippen LogP contribution in [0.4, 0.5) is 0 Å². The van der Waals surface area contributed by atoms with E-state index < -0.39 is 0 Å². The van der Waals surface area contributed by atoms with Crippen molar-refractivity contribution in [1.82, 2.24) is 10.6 Å². The van der Waals surface area contributed by atoms with Gasteiger partial charge in [0.2, 0.25) is 5.91 Å². The Morgan fingerprint density at radius 2 is 1.95 bits per heavy atom. The zero-order valence-electron chi connectivity index (χ0n) is 11.0. The Morgan fingerprint density at radius 1 is 1.21 bits per heavy atom. The van der Waals surface area contributed by atoms with Crippen LogP contribution in [0.5, 0.6) is 0 Å². The lowest BCUT2D eigenvalue weighted by Crippen LogP contribution is -2.51. The number of carbonyl (C=O) groups is 1. The molecule has 19 heavy (non-hydrogen) atoms. The van der Waals surface area contributed by atoms with E-state index in [9.17, 15) is 4.79 Å². The van der Waals surface area contributed by atoms with Crippen molar-refractivity contribution < 1.29 is 9.53 Å². The fraction of sp³-hybridized carbons (Fsp3) is 0.533.